The largest absolute Gasteiger partial charge is 0.333 e. The maximum Gasteiger partial charge on any atom is 0.273 e. The number of aromatic nitrogens is 1. The summed E-state index contributed by atoms with van der Waals surface area (Å²) in [6.07, 6.45) is 1.22. The molecule has 2 heterocycles. The average Bonchev–Trinajstić information content (AvgIpc) is 3.25. The highest BCUT2D eigenvalue weighted by Crippen LogP contribution is 2.26. The molecular weight excluding hydrogens is 401 g/mol. The van der Waals surface area contributed by atoms with Crippen molar-refractivity contribution in [3.05, 3.63) is 41.2 Å². The van der Waals surface area contributed by atoms with Crippen LogP contribution in [0.1, 0.15) is 23.3 Å². The molecule has 6 nitrogen and oxygen atoms in total. The van der Waals surface area contributed by atoms with E-state index in [-0.39, 0.29) is 29.3 Å². The van der Waals surface area contributed by atoms with Gasteiger partial charge < -0.3 is 9.80 Å². The van der Waals surface area contributed by atoms with E-state index < -0.39 is 9.84 Å². The minimum atomic E-state index is -3.10. The van der Waals surface area contributed by atoms with Crippen LogP contribution in [0.15, 0.2) is 29.6 Å². The van der Waals surface area contributed by atoms with E-state index in [0.29, 0.717) is 23.7 Å². The van der Waals surface area contributed by atoms with Crippen molar-refractivity contribution < 1.29 is 17.6 Å². The van der Waals surface area contributed by atoms with Crippen molar-refractivity contribution in [2.75, 3.05) is 38.7 Å². The molecule has 1 aliphatic heterocycles. The number of halogens is 1. The molecule has 2 aromatic rings. The van der Waals surface area contributed by atoms with Gasteiger partial charge in [-0.05, 0) is 57.7 Å². The molecule has 0 spiro atoms. The fraction of sp³-hybridized carbons (Fsp3) is 0.474. The first-order valence-electron chi connectivity index (χ1n) is 9.13. The van der Waals surface area contributed by atoms with Crippen LogP contribution in [0, 0.1) is 5.82 Å². The number of carbonyl (C=O) groups excluding carboxylic acids is 1. The summed E-state index contributed by atoms with van der Waals surface area (Å²) in [6.45, 7) is 1.29. The molecule has 0 N–H and O–H groups in total. The summed E-state index contributed by atoms with van der Waals surface area (Å²) in [7, 11) is 0.823. The summed E-state index contributed by atoms with van der Waals surface area (Å²) in [4.78, 5) is 21.2. The summed E-state index contributed by atoms with van der Waals surface area (Å²) in [5.74, 6) is -0.445. The number of hydrogen-bond donors (Lipinski definition) is 0. The highest BCUT2D eigenvalue weighted by Gasteiger charge is 2.35. The number of nitrogens with zero attached hydrogens (tertiary/aromatic N) is 3. The van der Waals surface area contributed by atoms with Gasteiger partial charge in [0, 0.05) is 23.5 Å². The van der Waals surface area contributed by atoms with Crippen LogP contribution < -0.4 is 0 Å². The maximum absolute atomic E-state index is 13.1. The molecule has 9 heteroatoms. The van der Waals surface area contributed by atoms with Crippen molar-refractivity contribution in [2.45, 2.75) is 18.9 Å². The van der Waals surface area contributed by atoms with E-state index in [0.717, 1.165) is 18.5 Å². The molecule has 152 valence electrons. The summed E-state index contributed by atoms with van der Waals surface area (Å²) in [6, 6.07) is 5.65. The smallest absolute Gasteiger partial charge is 0.273 e. The fourth-order valence-corrected chi connectivity index (χ4v) is 5.80. The minimum Gasteiger partial charge on any atom is -0.333 e. The third-order valence-electron chi connectivity index (χ3n) is 4.73. The van der Waals surface area contributed by atoms with Crippen molar-refractivity contribution in [3.63, 3.8) is 0 Å². The van der Waals surface area contributed by atoms with Gasteiger partial charge in [-0.25, -0.2) is 17.8 Å². The van der Waals surface area contributed by atoms with Crippen LogP contribution in [0.4, 0.5) is 4.39 Å². The van der Waals surface area contributed by atoms with Crippen molar-refractivity contribution in [1.29, 1.82) is 0 Å². The SMILES string of the molecule is CN(C)CCCN(C(=O)c1csc(-c2ccc(F)cc2)n1)C1CCS(=O)(=O)C1. The van der Waals surface area contributed by atoms with Crippen LogP contribution >= 0.6 is 11.3 Å². The first-order valence-corrected chi connectivity index (χ1v) is 11.8. The quantitative estimate of drug-likeness (QED) is 0.682. The highest BCUT2D eigenvalue weighted by atomic mass is 32.2. The molecule has 1 unspecified atom stereocenters. The standard InChI is InChI=1S/C19H24FN3O3S2/c1-22(2)9-3-10-23(16-8-11-28(25,26)13-16)19(24)17-12-27-18(21-17)14-4-6-15(20)7-5-14/h4-7,12,16H,3,8-11,13H2,1-2H3. The minimum absolute atomic E-state index is 0.00958. The number of rotatable bonds is 7. The zero-order valence-electron chi connectivity index (χ0n) is 16.0. The second-order valence-electron chi connectivity index (χ2n) is 7.26. The second-order valence-corrected chi connectivity index (χ2v) is 10.3. The maximum atomic E-state index is 13.1. The molecule has 0 aliphatic carbocycles. The predicted octanol–water partition coefficient (Wildman–Crippen LogP) is 2.53. The van der Waals surface area contributed by atoms with E-state index in [9.17, 15) is 17.6 Å². The van der Waals surface area contributed by atoms with Gasteiger partial charge in [0.25, 0.3) is 5.91 Å². The first-order chi connectivity index (χ1) is 13.2. The number of amides is 1. The molecule has 1 atom stereocenters. The Morgan fingerprint density at radius 1 is 1.25 bits per heavy atom. The molecular formula is C19H24FN3O3S2. The van der Waals surface area contributed by atoms with Crippen LogP contribution in [-0.4, -0.2) is 73.8 Å². The molecule has 1 aromatic carbocycles. The van der Waals surface area contributed by atoms with Crippen LogP contribution in [0.3, 0.4) is 0 Å². The normalized spacial score (nSPS) is 18.5. The Kier molecular flexibility index (Phi) is 6.47. The van der Waals surface area contributed by atoms with Crippen LogP contribution in [-0.2, 0) is 9.84 Å². The van der Waals surface area contributed by atoms with Gasteiger partial charge in [-0.1, -0.05) is 0 Å². The van der Waals surface area contributed by atoms with Crippen LogP contribution in [0.5, 0.6) is 0 Å². The summed E-state index contributed by atoms with van der Waals surface area (Å²) in [5, 5.41) is 2.32. The highest BCUT2D eigenvalue weighted by molar-refractivity contribution is 7.91. The van der Waals surface area contributed by atoms with Crippen molar-refractivity contribution >= 4 is 27.1 Å². The van der Waals surface area contributed by atoms with Gasteiger partial charge >= 0.3 is 0 Å². The van der Waals surface area contributed by atoms with Gasteiger partial charge in [-0.15, -0.1) is 11.3 Å². The Morgan fingerprint density at radius 3 is 2.57 bits per heavy atom. The fourth-order valence-electron chi connectivity index (χ4n) is 3.27. The van der Waals surface area contributed by atoms with Crippen molar-refractivity contribution in [2.24, 2.45) is 0 Å². The Hall–Kier alpha value is -1.84. The van der Waals surface area contributed by atoms with E-state index in [2.05, 4.69) is 4.98 Å². The average molecular weight is 426 g/mol. The van der Waals surface area contributed by atoms with Crippen LogP contribution in [0.25, 0.3) is 10.6 Å². The zero-order valence-corrected chi connectivity index (χ0v) is 17.6. The second kappa shape index (κ2) is 8.67. The zero-order chi connectivity index (χ0) is 20.3. The molecule has 1 fully saturated rings. The lowest BCUT2D eigenvalue weighted by Crippen LogP contribution is -2.42. The summed E-state index contributed by atoms with van der Waals surface area (Å²) in [5.41, 5.74) is 1.05. The molecule has 0 bridgehead atoms. The molecule has 0 saturated carbocycles. The Morgan fingerprint density at radius 2 is 1.96 bits per heavy atom. The van der Waals surface area contributed by atoms with Gasteiger partial charge in [0.1, 0.15) is 16.5 Å². The Bertz CT molecular complexity index is 926. The third kappa shape index (κ3) is 5.15. The molecule has 1 amide bonds. The molecule has 1 aliphatic rings. The van der Waals surface area contributed by atoms with Gasteiger partial charge in [-0.2, -0.15) is 0 Å². The van der Waals surface area contributed by atoms with Crippen molar-refractivity contribution in [3.8, 4) is 10.6 Å². The number of thiazole rings is 1. The lowest BCUT2D eigenvalue weighted by molar-refractivity contribution is 0.0685. The van der Waals surface area contributed by atoms with Gasteiger partial charge in [0.2, 0.25) is 0 Å². The number of carbonyl (C=O) groups is 1. The topological polar surface area (TPSA) is 70.6 Å². The van der Waals surface area contributed by atoms with Crippen molar-refractivity contribution in [1.82, 2.24) is 14.8 Å². The third-order valence-corrected chi connectivity index (χ3v) is 7.37. The van der Waals surface area contributed by atoms with Gasteiger partial charge in [-0.3, -0.25) is 4.79 Å². The molecule has 0 radical (unpaired) electrons. The van der Waals surface area contributed by atoms with E-state index >= 15 is 0 Å². The number of benzene rings is 1. The summed E-state index contributed by atoms with van der Waals surface area (Å²) >= 11 is 1.32. The predicted molar refractivity (Wildman–Crippen MR) is 109 cm³/mol. The Labute approximate surface area is 168 Å². The molecule has 1 aromatic heterocycles. The molecule has 1 saturated heterocycles. The molecule has 28 heavy (non-hydrogen) atoms. The number of sulfone groups is 1. The molecule has 3 rings (SSSR count). The van der Waals surface area contributed by atoms with E-state index in [1.165, 1.54) is 23.5 Å². The van der Waals surface area contributed by atoms with E-state index in [1.54, 1.807) is 22.4 Å². The van der Waals surface area contributed by atoms with Crippen LogP contribution in [0.2, 0.25) is 0 Å². The lowest BCUT2D eigenvalue weighted by Gasteiger charge is -2.28. The lowest BCUT2D eigenvalue weighted by atomic mass is 10.2. The number of hydrogen-bond acceptors (Lipinski definition) is 6. The van der Waals surface area contributed by atoms with Gasteiger partial charge in [0.05, 0.1) is 11.5 Å². The monoisotopic (exact) mass is 425 g/mol. The van der Waals surface area contributed by atoms with E-state index in [1.807, 2.05) is 19.0 Å². The summed E-state index contributed by atoms with van der Waals surface area (Å²) < 4.78 is 36.9. The van der Waals surface area contributed by atoms with E-state index in [4.69, 9.17) is 0 Å². The first kappa shape index (κ1) is 20.9. The van der Waals surface area contributed by atoms with Gasteiger partial charge in [0.15, 0.2) is 9.84 Å². The Balaban J connectivity index is 1.79.